The summed E-state index contributed by atoms with van der Waals surface area (Å²) >= 11 is 0. The van der Waals surface area contributed by atoms with Gasteiger partial charge in [-0.3, -0.25) is 9.78 Å². The number of hydrogen-bond acceptors (Lipinski definition) is 6. The number of carbonyl (C=O) groups is 1. The van der Waals surface area contributed by atoms with Crippen LogP contribution in [0.15, 0.2) is 42.9 Å². The monoisotopic (exact) mass is 354 g/mol. The van der Waals surface area contributed by atoms with Gasteiger partial charge in [0.1, 0.15) is 11.9 Å². The van der Waals surface area contributed by atoms with Crippen molar-refractivity contribution in [3.8, 4) is 23.3 Å². The van der Waals surface area contributed by atoms with Crippen LogP contribution in [0, 0.1) is 34.5 Å². The third-order valence-electron chi connectivity index (χ3n) is 4.69. The average molecular weight is 354 g/mol. The molecule has 3 aromatic rings. The maximum absolute atomic E-state index is 12.2. The number of benzene rings is 1. The van der Waals surface area contributed by atoms with Crippen LogP contribution in [0.1, 0.15) is 12.0 Å². The first kappa shape index (κ1) is 16.5. The zero-order valence-corrected chi connectivity index (χ0v) is 14.2. The van der Waals surface area contributed by atoms with Crippen molar-refractivity contribution in [3.05, 3.63) is 48.4 Å². The second-order valence-corrected chi connectivity index (χ2v) is 6.42. The number of aromatic nitrogens is 2. The van der Waals surface area contributed by atoms with Gasteiger partial charge in [-0.1, -0.05) is 6.07 Å². The Bertz CT molecular complexity index is 1140. The SMILES string of the molecule is N#Cc1c(-c2cccnc2)cc2cc(NC(=O)C3CC3C#N)ncc2c1N. The third kappa shape index (κ3) is 2.92. The highest BCUT2D eigenvalue weighted by molar-refractivity contribution is 6.02. The lowest BCUT2D eigenvalue weighted by molar-refractivity contribution is -0.117. The summed E-state index contributed by atoms with van der Waals surface area (Å²) in [7, 11) is 0. The molecule has 1 amide bonds. The number of anilines is 2. The topological polar surface area (TPSA) is 128 Å². The smallest absolute Gasteiger partial charge is 0.230 e. The molecule has 1 aromatic carbocycles. The molecule has 0 saturated heterocycles. The molecule has 1 fully saturated rings. The van der Waals surface area contributed by atoms with Crippen molar-refractivity contribution in [1.82, 2.24) is 9.97 Å². The fourth-order valence-electron chi connectivity index (χ4n) is 3.11. The zero-order chi connectivity index (χ0) is 19.0. The van der Waals surface area contributed by atoms with Gasteiger partial charge < -0.3 is 11.1 Å². The Hall–Kier alpha value is -3.97. The van der Waals surface area contributed by atoms with E-state index in [1.807, 2.05) is 12.1 Å². The van der Waals surface area contributed by atoms with Gasteiger partial charge in [0.05, 0.1) is 29.2 Å². The fraction of sp³-hybridized carbons (Fsp3) is 0.150. The van der Waals surface area contributed by atoms with Crippen molar-refractivity contribution in [2.45, 2.75) is 6.42 Å². The molecule has 7 nitrogen and oxygen atoms in total. The summed E-state index contributed by atoms with van der Waals surface area (Å²) in [5.74, 6) is -0.305. The lowest BCUT2D eigenvalue weighted by Crippen LogP contribution is -2.15. The molecule has 4 rings (SSSR count). The number of nitrogen functional groups attached to an aromatic ring is 1. The molecular weight excluding hydrogens is 340 g/mol. The van der Waals surface area contributed by atoms with Crippen molar-refractivity contribution in [3.63, 3.8) is 0 Å². The maximum atomic E-state index is 12.2. The Labute approximate surface area is 155 Å². The second-order valence-electron chi connectivity index (χ2n) is 6.42. The first-order valence-electron chi connectivity index (χ1n) is 8.35. The first-order chi connectivity index (χ1) is 13.1. The van der Waals surface area contributed by atoms with Gasteiger partial charge in [-0.25, -0.2) is 4.98 Å². The summed E-state index contributed by atoms with van der Waals surface area (Å²) in [6.45, 7) is 0. The molecule has 3 N–H and O–H groups in total. The molecule has 27 heavy (non-hydrogen) atoms. The van der Waals surface area contributed by atoms with Gasteiger partial charge in [-0.05, 0) is 30.0 Å². The van der Waals surface area contributed by atoms with Gasteiger partial charge in [-0.2, -0.15) is 10.5 Å². The molecule has 0 radical (unpaired) electrons. The Morgan fingerprint density at radius 2 is 2.15 bits per heavy atom. The fourth-order valence-corrected chi connectivity index (χ4v) is 3.11. The van der Waals surface area contributed by atoms with Gasteiger partial charge in [0.15, 0.2) is 0 Å². The number of nitrogens with two attached hydrogens (primary N) is 1. The van der Waals surface area contributed by atoms with Crippen LogP contribution in [-0.2, 0) is 4.79 Å². The number of hydrogen-bond donors (Lipinski definition) is 2. The minimum absolute atomic E-state index is 0.206. The van der Waals surface area contributed by atoms with Crippen molar-refractivity contribution in [1.29, 1.82) is 10.5 Å². The van der Waals surface area contributed by atoms with Crippen LogP contribution >= 0.6 is 0 Å². The number of fused-ring (bicyclic) bond motifs is 1. The highest BCUT2D eigenvalue weighted by Gasteiger charge is 2.43. The number of amides is 1. The summed E-state index contributed by atoms with van der Waals surface area (Å²) < 4.78 is 0. The maximum Gasteiger partial charge on any atom is 0.230 e. The van der Waals surface area contributed by atoms with Gasteiger partial charge >= 0.3 is 0 Å². The molecule has 2 heterocycles. The Morgan fingerprint density at radius 1 is 1.30 bits per heavy atom. The van der Waals surface area contributed by atoms with E-state index in [4.69, 9.17) is 11.0 Å². The summed E-state index contributed by atoms with van der Waals surface area (Å²) in [5.41, 5.74) is 8.36. The highest BCUT2D eigenvalue weighted by Crippen LogP contribution is 2.39. The first-order valence-corrected chi connectivity index (χ1v) is 8.35. The van der Waals surface area contributed by atoms with Gasteiger partial charge in [-0.15, -0.1) is 0 Å². The number of pyridine rings is 2. The molecule has 2 aromatic heterocycles. The number of carbonyl (C=O) groups excluding carboxylic acids is 1. The van der Waals surface area contributed by atoms with E-state index in [0.29, 0.717) is 34.4 Å². The number of nitrogens with one attached hydrogen (secondary N) is 1. The van der Waals surface area contributed by atoms with Crippen molar-refractivity contribution < 1.29 is 4.79 Å². The third-order valence-corrected chi connectivity index (χ3v) is 4.69. The van der Waals surface area contributed by atoms with Crippen molar-refractivity contribution in [2.24, 2.45) is 11.8 Å². The minimum atomic E-state index is -0.274. The van der Waals surface area contributed by atoms with E-state index in [0.717, 1.165) is 10.9 Å². The van der Waals surface area contributed by atoms with E-state index in [-0.39, 0.29) is 17.7 Å². The van der Waals surface area contributed by atoms with Crippen LogP contribution in [0.2, 0.25) is 0 Å². The van der Waals surface area contributed by atoms with E-state index < -0.39 is 0 Å². The molecule has 130 valence electrons. The summed E-state index contributed by atoms with van der Waals surface area (Å²) in [6.07, 6.45) is 5.45. The van der Waals surface area contributed by atoms with Crippen molar-refractivity contribution in [2.75, 3.05) is 11.1 Å². The van der Waals surface area contributed by atoms with E-state index in [2.05, 4.69) is 27.4 Å². The molecule has 2 unspecified atom stereocenters. The minimum Gasteiger partial charge on any atom is -0.397 e. The molecule has 1 aliphatic rings. The van der Waals surface area contributed by atoms with E-state index >= 15 is 0 Å². The van der Waals surface area contributed by atoms with Crippen LogP contribution in [0.25, 0.3) is 21.9 Å². The molecule has 0 bridgehead atoms. The lowest BCUT2D eigenvalue weighted by Gasteiger charge is -2.12. The normalized spacial score (nSPS) is 17.7. The number of rotatable bonds is 3. The van der Waals surface area contributed by atoms with Crippen molar-refractivity contribution >= 4 is 28.2 Å². The van der Waals surface area contributed by atoms with E-state index in [1.54, 1.807) is 30.7 Å². The van der Waals surface area contributed by atoms with Gasteiger partial charge in [0, 0.05) is 35.1 Å². The molecule has 2 atom stereocenters. The Balaban J connectivity index is 1.76. The van der Waals surface area contributed by atoms with Crippen LogP contribution < -0.4 is 11.1 Å². The molecule has 1 aliphatic carbocycles. The quantitative estimate of drug-likeness (QED) is 0.696. The number of nitriles is 2. The van der Waals surface area contributed by atoms with E-state index in [9.17, 15) is 10.1 Å². The number of nitrogens with zero attached hydrogens (tertiary/aromatic N) is 4. The summed E-state index contributed by atoms with van der Waals surface area (Å²) in [4.78, 5) is 20.5. The average Bonchev–Trinajstić information content (AvgIpc) is 3.48. The zero-order valence-electron chi connectivity index (χ0n) is 14.2. The highest BCUT2D eigenvalue weighted by atomic mass is 16.2. The largest absolute Gasteiger partial charge is 0.397 e. The van der Waals surface area contributed by atoms with Crippen LogP contribution in [-0.4, -0.2) is 15.9 Å². The van der Waals surface area contributed by atoms with Crippen LogP contribution in [0.5, 0.6) is 0 Å². The van der Waals surface area contributed by atoms with E-state index in [1.165, 1.54) is 0 Å². The summed E-state index contributed by atoms with van der Waals surface area (Å²) in [6, 6.07) is 11.5. The lowest BCUT2D eigenvalue weighted by atomic mass is 9.96. The summed E-state index contributed by atoms with van der Waals surface area (Å²) in [5, 5.41) is 22.6. The van der Waals surface area contributed by atoms with Gasteiger partial charge in [0.2, 0.25) is 5.91 Å². The predicted octanol–water partition coefficient (Wildman–Crippen LogP) is 2.85. The predicted molar refractivity (Wildman–Crippen MR) is 99.9 cm³/mol. The molecule has 0 spiro atoms. The Morgan fingerprint density at radius 3 is 2.81 bits per heavy atom. The van der Waals surface area contributed by atoms with Crippen LogP contribution in [0.4, 0.5) is 11.5 Å². The second kappa shape index (κ2) is 6.40. The van der Waals surface area contributed by atoms with Gasteiger partial charge in [0.25, 0.3) is 0 Å². The molecule has 1 saturated carbocycles. The molecule has 7 heteroatoms. The Kier molecular flexibility index (Phi) is 3.91. The molecular formula is C20H14N6O. The molecule has 0 aliphatic heterocycles. The van der Waals surface area contributed by atoms with Crippen LogP contribution in [0.3, 0.4) is 0 Å². The standard InChI is InChI=1S/C20H14N6O/c21-7-13-5-15(13)20(27)26-18-6-12-4-14(11-2-1-3-24-9-11)16(8-22)19(23)17(12)10-25-18/h1-4,6,9-10,13,15H,5,23H2,(H,25,26,27).